The van der Waals surface area contributed by atoms with Crippen LogP contribution in [-0.2, 0) is 19.3 Å². The van der Waals surface area contributed by atoms with Crippen LogP contribution in [0.4, 0.5) is 13.2 Å². The highest BCUT2D eigenvalue weighted by Gasteiger charge is 2.32. The maximum atomic E-state index is 13.1. The first-order chi connectivity index (χ1) is 15.3. The fourth-order valence-corrected chi connectivity index (χ4v) is 4.29. The van der Waals surface area contributed by atoms with E-state index in [-0.39, 0.29) is 18.7 Å². The first kappa shape index (κ1) is 24.6. The summed E-state index contributed by atoms with van der Waals surface area (Å²) in [7, 11) is 2.06. The number of nitrogens with zero attached hydrogens (tertiary/aromatic N) is 1. The van der Waals surface area contributed by atoms with Crippen molar-refractivity contribution in [3.05, 3.63) is 65.2 Å². The summed E-state index contributed by atoms with van der Waals surface area (Å²) < 4.78 is 45.1. The van der Waals surface area contributed by atoms with Gasteiger partial charge in [0.2, 0.25) is 0 Å². The summed E-state index contributed by atoms with van der Waals surface area (Å²) in [5.74, 6) is 0.638. The number of halogens is 3. The Morgan fingerprint density at radius 2 is 1.81 bits per heavy atom. The number of aliphatic hydroxyl groups is 1. The molecule has 0 radical (unpaired) electrons. The van der Waals surface area contributed by atoms with E-state index in [9.17, 15) is 18.3 Å². The third-order valence-electron chi connectivity index (χ3n) is 6.00. The van der Waals surface area contributed by atoms with Gasteiger partial charge in [-0.15, -0.1) is 0 Å². The van der Waals surface area contributed by atoms with Gasteiger partial charge in [0.1, 0.15) is 18.5 Å². The third kappa shape index (κ3) is 7.50. The molecule has 3 rings (SSSR count). The van der Waals surface area contributed by atoms with Crippen LogP contribution in [-0.4, -0.2) is 42.4 Å². The Hall–Kier alpha value is -2.09. The molecule has 1 fully saturated rings. The van der Waals surface area contributed by atoms with E-state index in [2.05, 4.69) is 17.3 Å². The molecule has 7 heteroatoms. The number of benzene rings is 2. The van der Waals surface area contributed by atoms with Gasteiger partial charge < -0.3 is 20.1 Å². The Balaban J connectivity index is 1.45. The highest BCUT2D eigenvalue weighted by Crippen LogP contribution is 2.31. The van der Waals surface area contributed by atoms with Gasteiger partial charge in [-0.05, 0) is 49.2 Å². The SMILES string of the molecule is CN(C[C@@H](O)COc1cccc(CNCc2ccccc2C(F)(F)F)c1)C1CCCCC1. The van der Waals surface area contributed by atoms with Gasteiger partial charge >= 0.3 is 6.18 Å². The fourth-order valence-electron chi connectivity index (χ4n) is 4.29. The first-order valence-corrected chi connectivity index (χ1v) is 11.3. The molecule has 0 aliphatic heterocycles. The van der Waals surface area contributed by atoms with Crippen LogP contribution in [0.1, 0.15) is 48.8 Å². The standard InChI is InChI=1S/C25H33F3N2O2/c1-30(21-10-3-2-4-11-21)17-22(31)18-32-23-12-7-8-19(14-23)15-29-16-20-9-5-6-13-24(20)25(26,27)28/h5-9,12-14,21-22,29,31H,2-4,10-11,15-18H2,1H3/t22-/m1/s1. The summed E-state index contributed by atoms with van der Waals surface area (Å²) in [4.78, 5) is 2.23. The number of aliphatic hydroxyl groups excluding tert-OH is 1. The summed E-state index contributed by atoms with van der Waals surface area (Å²) in [6, 6.07) is 13.5. The Kier molecular flexibility index (Phi) is 8.96. The second-order valence-electron chi connectivity index (χ2n) is 8.60. The highest BCUT2D eigenvalue weighted by atomic mass is 19.4. The number of hydrogen-bond donors (Lipinski definition) is 2. The van der Waals surface area contributed by atoms with Crippen molar-refractivity contribution >= 4 is 0 Å². The Morgan fingerprint density at radius 3 is 2.56 bits per heavy atom. The predicted octanol–water partition coefficient (Wildman–Crippen LogP) is 5.00. The molecular weight excluding hydrogens is 417 g/mol. The fraction of sp³-hybridized carbons (Fsp3) is 0.520. The topological polar surface area (TPSA) is 44.7 Å². The molecule has 1 aliphatic carbocycles. The zero-order valence-electron chi connectivity index (χ0n) is 18.6. The van der Waals surface area contributed by atoms with Crippen molar-refractivity contribution in [2.24, 2.45) is 0 Å². The van der Waals surface area contributed by atoms with Crippen molar-refractivity contribution in [1.29, 1.82) is 0 Å². The van der Waals surface area contributed by atoms with E-state index in [0.29, 0.717) is 24.9 Å². The minimum atomic E-state index is -4.36. The molecular formula is C25H33F3N2O2. The normalized spacial score (nSPS) is 16.3. The predicted molar refractivity (Wildman–Crippen MR) is 119 cm³/mol. The highest BCUT2D eigenvalue weighted by molar-refractivity contribution is 5.30. The average Bonchev–Trinajstić information content (AvgIpc) is 2.78. The molecule has 2 aromatic carbocycles. The van der Waals surface area contributed by atoms with Gasteiger partial charge in [-0.1, -0.05) is 49.6 Å². The minimum absolute atomic E-state index is 0.118. The lowest BCUT2D eigenvalue weighted by Crippen LogP contribution is -2.40. The summed E-state index contributed by atoms with van der Waals surface area (Å²) in [5, 5.41) is 13.4. The van der Waals surface area contributed by atoms with Crippen molar-refractivity contribution in [3.63, 3.8) is 0 Å². The lowest BCUT2D eigenvalue weighted by Gasteiger charge is -2.32. The number of nitrogens with one attached hydrogen (secondary N) is 1. The van der Waals surface area contributed by atoms with Crippen molar-refractivity contribution in [2.45, 2.75) is 63.5 Å². The lowest BCUT2D eigenvalue weighted by molar-refractivity contribution is -0.138. The monoisotopic (exact) mass is 450 g/mol. The number of rotatable bonds is 10. The Bertz CT molecular complexity index is 838. The number of ether oxygens (including phenoxy) is 1. The van der Waals surface area contributed by atoms with E-state index in [1.165, 1.54) is 44.2 Å². The van der Waals surface area contributed by atoms with Crippen LogP contribution < -0.4 is 10.1 Å². The van der Waals surface area contributed by atoms with Crippen LogP contribution in [0.3, 0.4) is 0 Å². The van der Waals surface area contributed by atoms with Gasteiger partial charge in [-0.25, -0.2) is 0 Å². The second-order valence-corrected chi connectivity index (χ2v) is 8.60. The molecule has 1 saturated carbocycles. The molecule has 0 heterocycles. The third-order valence-corrected chi connectivity index (χ3v) is 6.00. The second kappa shape index (κ2) is 11.7. The van der Waals surface area contributed by atoms with Gasteiger partial charge in [-0.2, -0.15) is 13.2 Å². The van der Waals surface area contributed by atoms with Gasteiger partial charge in [0.05, 0.1) is 5.56 Å². The van der Waals surface area contributed by atoms with Gasteiger partial charge in [0.25, 0.3) is 0 Å². The van der Waals surface area contributed by atoms with E-state index in [1.54, 1.807) is 6.07 Å². The van der Waals surface area contributed by atoms with Crippen LogP contribution in [0.5, 0.6) is 5.75 Å². The zero-order valence-corrected chi connectivity index (χ0v) is 18.6. The van der Waals surface area contributed by atoms with E-state index in [4.69, 9.17) is 4.74 Å². The lowest BCUT2D eigenvalue weighted by atomic mass is 9.94. The molecule has 1 aliphatic rings. The minimum Gasteiger partial charge on any atom is -0.491 e. The van der Waals surface area contributed by atoms with Crippen LogP contribution >= 0.6 is 0 Å². The van der Waals surface area contributed by atoms with E-state index in [0.717, 1.165) is 11.6 Å². The summed E-state index contributed by atoms with van der Waals surface area (Å²) >= 11 is 0. The van der Waals surface area contributed by atoms with Crippen molar-refractivity contribution < 1.29 is 23.0 Å². The smallest absolute Gasteiger partial charge is 0.416 e. The number of hydrogen-bond acceptors (Lipinski definition) is 4. The van der Waals surface area contributed by atoms with Crippen LogP contribution in [0, 0.1) is 0 Å². The van der Waals surface area contributed by atoms with Crippen LogP contribution in [0.25, 0.3) is 0 Å². The molecule has 4 nitrogen and oxygen atoms in total. The summed E-state index contributed by atoms with van der Waals surface area (Å²) in [5.41, 5.74) is 0.509. The molecule has 32 heavy (non-hydrogen) atoms. The van der Waals surface area contributed by atoms with Crippen molar-refractivity contribution in [3.8, 4) is 5.75 Å². The first-order valence-electron chi connectivity index (χ1n) is 11.3. The average molecular weight is 451 g/mol. The molecule has 0 aromatic heterocycles. The Morgan fingerprint density at radius 1 is 1.06 bits per heavy atom. The molecule has 1 atom stereocenters. The van der Waals surface area contributed by atoms with E-state index < -0.39 is 17.8 Å². The molecule has 2 N–H and O–H groups in total. The quantitative estimate of drug-likeness (QED) is 0.535. The molecule has 0 unspecified atom stereocenters. The summed E-state index contributed by atoms with van der Waals surface area (Å²) in [6.45, 7) is 1.31. The summed E-state index contributed by atoms with van der Waals surface area (Å²) in [6.07, 6.45) is 1.24. The van der Waals surface area contributed by atoms with Gasteiger partial charge in [0, 0.05) is 25.7 Å². The molecule has 0 saturated heterocycles. The van der Waals surface area contributed by atoms with E-state index >= 15 is 0 Å². The maximum Gasteiger partial charge on any atom is 0.416 e. The molecule has 0 bridgehead atoms. The molecule has 176 valence electrons. The van der Waals surface area contributed by atoms with Gasteiger partial charge in [-0.3, -0.25) is 0 Å². The largest absolute Gasteiger partial charge is 0.491 e. The van der Waals surface area contributed by atoms with Crippen LogP contribution in [0.15, 0.2) is 48.5 Å². The van der Waals surface area contributed by atoms with Crippen molar-refractivity contribution in [2.75, 3.05) is 20.2 Å². The maximum absolute atomic E-state index is 13.1. The molecule has 0 spiro atoms. The van der Waals surface area contributed by atoms with E-state index in [1.807, 2.05) is 24.3 Å². The molecule has 0 amide bonds. The van der Waals surface area contributed by atoms with Crippen molar-refractivity contribution in [1.82, 2.24) is 10.2 Å². The molecule has 2 aromatic rings. The number of alkyl halides is 3. The Labute approximate surface area is 188 Å². The zero-order chi connectivity index (χ0) is 23.0. The van der Waals surface area contributed by atoms with Gasteiger partial charge in [0.15, 0.2) is 0 Å². The van der Waals surface area contributed by atoms with Crippen LogP contribution in [0.2, 0.25) is 0 Å². The number of likely N-dealkylation sites (N-methyl/N-ethyl adjacent to an activating group) is 1.